The molecule has 0 aromatic heterocycles. The third-order valence-corrected chi connectivity index (χ3v) is 2.94. The van der Waals surface area contributed by atoms with Crippen molar-refractivity contribution in [1.82, 2.24) is 0 Å². The molecule has 0 saturated carbocycles. The molecule has 1 heterocycles. The minimum absolute atomic E-state index is 0.365. The fourth-order valence-corrected chi connectivity index (χ4v) is 1.94. The van der Waals surface area contributed by atoms with E-state index >= 15 is 0 Å². The average Bonchev–Trinajstić information content (AvgIpc) is 2.83. The van der Waals surface area contributed by atoms with Crippen LogP contribution < -0.4 is 4.90 Å². The van der Waals surface area contributed by atoms with Gasteiger partial charge in [-0.05, 0) is 18.1 Å². The van der Waals surface area contributed by atoms with Gasteiger partial charge in [-0.15, -0.1) is 0 Å². The number of carboxylic acid groups (broad SMARTS) is 1. The normalized spacial score (nSPS) is 16.2. The van der Waals surface area contributed by atoms with E-state index in [1.165, 1.54) is 0 Å². The zero-order valence-electron chi connectivity index (χ0n) is 9.84. The van der Waals surface area contributed by atoms with E-state index in [2.05, 4.69) is 9.89 Å². The molecule has 1 aliphatic heterocycles. The highest BCUT2D eigenvalue weighted by molar-refractivity contribution is 5.82. The number of hydrogen-bond acceptors (Lipinski definition) is 3. The highest BCUT2D eigenvalue weighted by atomic mass is 16.4. The van der Waals surface area contributed by atoms with Crippen LogP contribution in [0.4, 0.5) is 5.69 Å². The molecule has 1 aromatic carbocycles. The molecule has 0 saturated heterocycles. The number of hydrogen-bond donors (Lipinski definition) is 1. The second kappa shape index (κ2) is 4.99. The smallest absolute Gasteiger partial charge is 0.306 e. The molecule has 1 aromatic rings. The SMILES string of the molecule is CC(Cc1ccccc1N1C=NCC1)C(=O)O. The van der Waals surface area contributed by atoms with Crippen molar-refractivity contribution in [3.05, 3.63) is 29.8 Å². The molecule has 0 fully saturated rings. The van der Waals surface area contributed by atoms with E-state index in [-0.39, 0.29) is 5.92 Å². The van der Waals surface area contributed by atoms with Crippen molar-refractivity contribution in [2.45, 2.75) is 13.3 Å². The van der Waals surface area contributed by atoms with E-state index in [1.807, 2.05) is 30.6 Å². The van der Waals surface area contributed by atoms with Crippen LogP contribution in [0.25, 0.3) is 0 Å². The van der Waals surface area contributed by atoms with Gasteiger partial charge >= 0.3 is 5.97 Å². The van der Waals surface area contributed by atoms with Gasteiger partial charge < -0.3 is 10.0 Å². The molecule has 0 aliphatic carbocycles. The molecule has 1 aliphatic rings. The Balaban J connectivity index is 2.21. The lowest BCUT2D eigenvalue weighted by atomic mass is 9.99. The highest BCUT2D eigenvalue weighted by Gasteiger charge is 2.17. The van der Waals surface area contributed by atoms with Crippen LogP contribution in [0, 0.1) is 5.92 Å². The van der Waals surface area contributed by atoms with E-state index in [0.717, 1.165) is 24.3 Å². The van der Waals surface area contributed by atoms with Crippen LogP contribution in [0.5, 0.6) is 0 Å². The van der Waals surface area contributed by atoms with Crippen LogP contribution in [0.1, 0.15) is 12.5 Å². The largest absolute Gasteiger partial charge is 0.481 e. The van der Waals surface area contributed by atoms with Gasteiger partial charge in [0.05, 0.1) is 18.8 Å². The molecule has 1 unspecified atom stereocenters. The summed E-state index contributed by atoms with van der Waals surface area (Å²) < 4.78 is 0. The summed E-state index contributed by atoms with van der Waals surface area (Å²) in [6.07, 6.45) is 2.38. The molecule has 0 amide bonds. The topological polar surface area (TPSA) is 52.9 Å². The Morgan fingerprint density at radius 2 is 2.29 bits per heavy atom. The lowest BCUT2D eigenvalue weighted by molar-refractivity contribution is -0.141. The number of para-hydroxylation sites is 1. The van der Waals surface area contributed by atoms with Gasteiger partial charge in [0.2, 0.25) is 0 Å². The van der Waals surface area contributed by atoms with Gasteiger partial charge in [-0.25, -0.2) is 0 Å². The van der Waals surface area contributed by atoms with E-state index in [9.17, 15) is 4.79 Å². The maximum atomic E-state index is 10.9. The van der Waals surface area contributed by atoms with E-state index in [1.54, 1.807) is 6.92 Å². The van der Waals surface area contributed by atoms with Crippen molar-refractivity contribution in [2.75, 3.05) is 18.0 Å². The maximum Gasteiger partial charge on any atom is 0.306 e. The van der Waals surface area contributed by atoms with Crippen molar-refractivity contribution in [3.63, 3.8) is 0 Å². The van der Waals surface area contributed by atoms with Crippen LogP contribution in [-0.2, 0) is 11.2 Å². The molecule has 0 bridgehead atoms. The molecule has 17 heavy (non-hydrogen) atoms. The number of anilines is 1. The Kier molecular flexibility index (Phi) is 3.42. The summed E-state index contributed by atoms with van der Waals surface area (Å²) in [6, 6.07) is 7.92. The Hall–Kier alpha value is -1.84. The average molecular weight is 232 g/mol. The molecule has 4 nitrogen and oxygen atoms in total. The minimum Gasteiger partial charge on any atom is -0.481 e. The predicted molar refractivity (Wildman–Crippen MR) is 67.7 cm³/mol. The summed E-state index contributed by atoms with van der Waals surface area (Å²) >= 11 is 0. The van der Waals surface area contributed by atoms with Crippen molar-refractivity contribution < 1.29 is 9.90 Å². The molecule has 4 heteroatoms. The Morgan fingerprint density at radius 1 is 1.53 bits per heavy atom. The minimum atomic E-state index is -0.755. The summed E-state index contributed by atoms with van der Waals surface area (Å²) in [6.45, 7) is 3.42. The maximum absolute atomic E-state index is 10.9. The van der Waals surface area contributed by atoms with Crippen LogP contribution in [0.15, 0.2) is 29.3 Å². The van der Waals surface area contributed by atoms with Crippen LogP contribution in [0.3, 0.4) is 0 Å². The van der Waals surface area contributed by atoms with Crippen molar-refractivity contribution in [3.8, 4) is 0 Å². The lowest BCUT2D eigenvalue weighted by Crippen LogP contribution is -2.21. The first-order valence-corrected chi connectivity index (χ1v) is 5.76. The highest BCUT2D eigenvalue weighted by Crippen LogP contribution is 2.23. The fourth-order valence-electron chi connectivity index (χ4n) is 1.94. The molecular weight excluding hydrogens is 216 g/mol. The summed E-state index contributed by atoms with van der Waals surface area (Å²) in [5.74, 6) is -1.12. The van der Waals surface area contributed by atoms with Crippen molar-refractivity contribution in [1.29, 1.82) is 0 Å². The van der Waals surface area contributed by atoms with Crippen LogP contribution in [-0.4, -0.2) is 30.5 Å². The zero-order valence-corrected chi connectivity index (χ0v) is 9.84. The number of carbonyl (C=O) groups is 1. The Bertz CT molecular complexity index is 443. The number of aliphatic imine (C=N–C) groups is 1. The van der Waals surface area contributed by atoms with E-state index in [0.29, 0.717) is 6.42 Å². The molecule has 1 atom stereocenters. The zero-order chi connectivity index (χ0) is 12.3. The summed E-state index contributed by atoms with van der Waals surface area (Å²) in [5.41, 5.74) is 2.14. The van der Waals surface area contributed by atoms with E-state index < -0.39 is 5.97 Å². The van der Waals surface area contributed by atoms with Crippen LogP contribution >= 0.6 is 0 Å². The standard InChI is InChI=1S/C13H16N2O2/c1-10(13(16)17)8-11-4-2-3-5-12(11)15-7-6-14-9-15/h2-5,9-10H,6-8H2,1H3,(H,16,17). The number of nitrogens with zero attached hydrogens (tertiary/aromatic N) is 2. The Morgan fingerprint density at radius 3 is 2.94 bits per heavy atom. The van der Waals surface area contributed by atoms with Crippen molar-refractivity contribution in [2.24, 2.45) is 10.9 Å². The van der Waals surface area contributed by atoms with Gasteiger partial charge in [-0.2, -0.15) is 0 Å². The quantitative estimate of drug-likeness (QED) is 0.861. The van der Waals surface area contributed by atoms with Gasteiger partial charge in [-0.3, -0.25) is 9.79 Å². The second-order valence-corrected chi connectivity index (χ2v) is 4.29. The van der Waals surface area contributed by atoms with Gasteiger partial charge in [0.25, 0.3) is 0 Å². The van der Waals surface area contributed by atoms with Gasteiger partial charge in [0, 0.05) is 12.2 Å². The first-order valence-electron chi connectivity index (χ1n) is 5.76. The molecule has 90 valence electrons. The summed E-state index contributed by atoms with van der Waals surface area (Å²) in [4.78, 5) is 17.2. The Labute approximate surface area is 101 Å². The molecule has 1 N–H and O–H groups in total. The van der Waals surface area contributed by atoms with Gasteiger partial charge in [0.15, 0.2) is 0 Å². The number of benzene rings is 1. The van der Waals surface area contributed by atoms with Gasteiger partial charge in [-0.1, -0.05) is 25.1 Å². The molecule has 2 rings (SSSR count). The summed E-state index contributed by atoms with van der Waals surface area (Å²) in [7, 11) is 0. The molecule has 0 radical (unpaired) electrons. The van der Waals surface area contributed by atoms with Gasteiger partial charge in [0.1, 0.15) is 0 Å². The van der Waals surface area contributed by atoms with Crippen molar-refractivity contribution >= 4 is 18.0 Å². The number of carboxylic acids is 1. The third kappa shape index (κ3) is 2.64. The lowest BCUT2D eigenvalue weighted by Gasteiger charge is -2.19. The second-order valence-electron chi connectivity index (χ2n) is 4.29. The fraction of sp³-hybridized carbons (Fsp3) is 0.385. The third-order valence-electron chi connectivity index (χ3n) is 2.94. The number of rotatable bonds is 4. The number of aliphatic carboxylic acids is 1. The van der Waals surface area contributed by atoms with Crippen LogP contribution in [0.2, 0.25) is 0 Å². The summed E-state index contributed by atoms with van der Waals surface area (Å²) in [5, 5.41) is 8.96. The molecule has 0 spiro atoms. The van der Waals surface area contributed by atoms with E-state index in [4.69, 9.17) is 5.11 Å². The molecular formula is C13H16N2O2. The monoisotopic (exact) mass is 232 g/mol. The first kappa shape index (κ1) is 11.6. The first-order chi connectivity index (χ1) is 8.18. The predicted octanol–water partition coefficient (Wildman–Crippen LogP) is 1.80.